The van der Waals surface area contributed by atoms with Crippen LogP contribution in [0.2, 0.25) is 0 Å². The maximum atomic E-state index is 12.1. The molecule has 2 aromatic heterocycles. The van der Waals surface area contributed by atoms with Gasteiger partial charge in [0.15, 0.2) is 4.34 Å². The molecule has 0 spiro atoms. The standard InChI is InChI=1S/C13H18N4O2S3/c1-17(8-10-4-3-7-20-10)11(18)9-21-13-16-15-12(22-13)14-5-6-19-2/h3-4,7H,5-6,8-9H2,1-2H3,(H,14,15). The second-order valence-corrected chi connectivity index (χ2v) is 7.64. The van der Waals surface area contributed by atoms with Crippen molar-refractivity contribution in [3.63, 3.8) is 0 Å². The van der Waals surface area contributed by atoms with Crippen LogP contribution in [0.25, 0.3) is 0 Å². The van der Waals surface area contributed by atoms with Crippen LogP contribution in [-0.2, 0) is 16.1 Å². The topological polar surface area (TPSA) is 67.3 Å². The van der Waals surface area contributed by atoms with Gasteiger partial charge in [0.05, 0.1) is 18.9 Å². The van der Waals surface area contributed by atoms with E-state index in [-0.39, 0.29) is 5.91 Å². The maximum absolute atomic E-state index is 12.1. The smallest absolute Gasteiger partial charge is 0.233 e. The molecule has 0 aromatic carbocycles. The van der Waals surface area contributed by atoms with Crippen LogP contribution >= 0.6 is 34.4 Å². The highest BCUT2D eigenvalue weighted by Crippen LogP contribution is 2.25. The lowest BCUT2D eigenvalue weighted by Gasteiger charge is -2.15. The number of thiophene rings is 1. The number of aromatic nitrogens is 2. The van der Waals surface area contributed by atoms with Crippen LogP contribution in [0.1, 0.15) is 4.88 Å². The van der Waals surface area contributed by atoms with Gasteiger partial charge in [-0.05, 0) is 11.4 Å². The molecule has 2 heterocycles. The summed E-state index contributed by atoms with van der Waals surface area (Å²) in [5.74, 6) is 0.455. The van der Waals surface area contributed by atoms with Crippen molar-refractivity contribution in [1.29, 1.82) is 0 Å². The Kier molecular flexibility index (Phi) is 7.10. The third kappa shape index (κ3) is 5.56. The summed E-state index contributed by atoms with van der Waals surface area (Å²) in [5.41, 5.74) is 0. The second-order valence-electron chi connectivity index (χ2n) is 4.41. The quantitative estimate of drug-likeness (QED) is 0.548. The van der Waals surface area contributed by atoms with Gasteiger partial charge in [-0.2, -0.15) is 0 Å². The highest BCUT2D eigenvalue weighted by Gasteiger charge is 2.12. The predicted molar refractivity (Wildman–Crippen MR) is 91.8 cm³/mol. The zero-order chi connectivity index (χ0) is 15.8. The number of amides is 1. The third-order valence-corrected chi connectivity index (χ3v) is 5.57. The molecule has 2 rings (SSSR count). The van der Waals surface area contributed by atoms with E-state index in [1.807, 2.05) is 24.6 Å². The Morgan fingerprint density at radius 2 is 2.36 bits per heavy atom. The molecule has 1 N–H and O–H groups in total. The molecule has 0 saturated heterocycles. The average Bonchev–Trinajstić information content (AvgIpc) is 3.17. The lowest BCUT2D eigenvalue weighted by atomic mass is 10.4. The fraction of sp³-hybridized carbons (Fsp3) is 0.462. The van der Waals surface area contributed by atoms with Gasteiger partial charge in [-0.25, -0.2) is 0 Å². The number of carbonyl (C=O) groups excluding carboxylic acids is 1. The van der Waals surface area contributed by atoms with Crippen LogP contribution in [0.15, 0.2) is 21.9 Å². The summed E-state index contributed by atoms with van der Waals surface area (Å²) < 4.78 is 5.75. The Morgan fingerprint density at radius 3 is 3.09 bits per heavy atom. The molecule has 0 aliphatic heterocycles. The number of ether oxygens (including phenoxy) is 1. The first-order chi connectivity index (χ1) is 10.7. The van der Waals surface area contributed by atoms with E-state index < -0.39 is 0 Å². The molecule has 6 nitrogen and oxygen atoms in total. The van der Waals surface area contributed by atoms with Gasteiger partial charge in [0.25, 0.3) is 0 Å². The largest absolute Gasteiger partial charge is 0.383 e. The van der Waals surface area contributed by atoms with Gasteiger partial charge in [-0.1, -0.05) is 29.2 Å². The molecule has 120 valence electrons. The number of carbonyl (C=O) groups is 1. The van der Waals surface area contributed by atoms with Crippen molar-refractivity contribution in [3.8, 4) is 0 Å². The summed E-state index contributed by atoms with van der Waals surface area (Å²) in [7, 11) is 3.47. The lowest BCUT2D eigenvalue weighted by Crippen LogP contribution is -2.27. The van der Waals surface area contributed by atoms with Crippen molar-refractivity contribution in [2.45, 2.75) is 10.9 Å². The first kappa shape index (κ1) is 17.2. The normalized spacial score (nSPS) is 10.6. The molecule has 22 heavy (non-hydrogen) atoms. The molecule has 0 bridgehead atoms. The van der Waals surface area contributed by atoms with E-state index in [0.29, 0.717) is 25.4 Å². The van der Waals surface area contributed by atoms with Crippen molar-refractivity contribution >= 4 is 45.5 Å². The molecule has 0 saturated carbocycles. The number of thioether (sulfide) groups is 1. The van der Waals surface area contributed by atoms with Gasteiger partial charge in [-0.3, -0.25) is 4.79 Å². The van der Waals surface area contributed by atoms with E-state index in [9.17, 15) is 4.79 Å². The Bertz CT molecular complexity index is 574. The summed E-state index contributed by atoms with van der Waals surface area (Å²) in [4.78, 5) is 15.0. The Hall–Kier alpha value is -1.16. The van der Waals surface area contributed by atoms with Crippen molar-refractivity contribution in [2.75, 3.05) is 38.4 Å². The number of methoxy groups -OCH3 is 1. The summed E-state index contributed by atoms with van der Waals surface area (Å²) in [6.45, 7) is 1.96. The number of nitrogens with zero attached hydrogens (tertiary/aromatic N) is 3. The van der Waals surface area contributed by atoms with Crippen LogP contribution in [0, 0.1) is 0 Å². The van der Waals surface area contributed by atoms with E-state index in [2.05, 4.69) is 15.5 Å². The molecule has 0 radical (unpaired) electrons. The van der Waals surface area contributed by atoms with E-state index in [0.717, 1.165) is 9.47 Å². The van der Waals surface area contributed by atoms with Gasteiger partial charge in [0.1, 0.15) is 0 Å². The number of hydrogen-bond donors (Lipinski definition) is 1. The van der Waals surface area contributed by atoms with E-state index >= 15 is 0 Å². The van der Waals surface area contributed by atoms with Gasteiger partial charge in [-0.15, -0.1) is 21.5 Å². The SMILES string of the molecule is COCCNc1nnc(SCC(=O)N(C)Cc2cccs2)s1. The molecule has 9 heteroatoms. The minimum atomic E-state index is 0.0856. The number of anilines is 1. The molecular weight excluding hydrogens is 340 g/mol. The van der Waals surface area contributed by atoms with Crippen LogP contribution in [-0.4, -0.2) is 54.1 Å². The summed E-state index contributed by atoms with van der Waals surface area (Å²) in [5, 5.41) is 14.0. The highest BCUT2D eigenvalue weighted by atomic mass is 32.2. The first-order valence-electron chi connectivity index (χ1n) is 6.64. The summed E-state index contributed by atoms with van der Waals surface area (Å²) in [6.07, 6.45) is 0. The van der Waals surface area contributed by atoms with E-state index in [1.54, 1.807) is 23.3 Å². The van der Waals surface area contributed by atoms with Gasteiger partial charge >= 0.3 is 0 Å². The summed E-state index contributed by atoms with van der Waals surface area (Å²) in [6, 6.07) is 4.02. The van der Waals surface area contributed by atoms with E-state index in [1.165, 1.54) is 28.0 Å². The predicted octanol–water partition coefficient (Wildman–Crippen LogP) is 2.41. The highest BCUT2D eigenvalue weighted by molar-refractivity contribution is 8.01. The fourth-order valence-electron chi connectivity index (χ4n) is 1.56. The lowest BCUT2D eigenvalue weighted by molar-refractivity contribution is -0.127. The zero-order valence-corrected chi connectivity index (χ0v) is 14.9. The number of hydrogen-bond acceptors (Lipinski definition) is 8. The molecule has 0 aliphatic rings. The molecule has 0 atom stereocenters. The molecule has 2 aromatic rings. The minimum absolute atomic E-state index is 0.0856. The minimum Gasteiger partial charge on any atom is -0.383 e. The van der Waals surface area contributed by atoms with Crippen LogP contribution < -0.4 is 5.32 Å². The molecule has 1 amide bonds. The molecule has 0 fully saturated rings. The first-order valence-corrected chi connectivity index (χ1v) is 9.32. The van der Waals surface area contributed by atoms with Crippen LogP contribution in [0.5, 0.6) is 0 Å². The van der Waals surface area contributed by atoms with Gasteiger partial charge in [0.2, 0.25) is 11.0 Å². The number of nitrogens with one attached hydrogen (secondary N) is 1. The molecule has 0 unspecified atom stereocenters. The van der Waals surface area contributed by atoms with E-state index in [4.69, 9.17) is 4.74 Å². The van der Waals surface area contributed by atoms with Crippen molar-refractivity contribution in [1.82, 2.24) is 15.1 Å². The zero-order valence-electron chi connectivity index (χ0n) is 12.4. The third-order valence-electron chi connectivity index (χ3n) is 2.71. The fourth-order valence-corrected chi connectivity index (χ4v) is 4.03. The van der Waals surface area contributed by atoms with Crippen molar-refractivity contribution < 1.29 is 9.53 Å². The Morgan fingerprint density at radius 1 is 1.50 bits per heavy atom. The van der Waals surface area contributed by atoms with Crippen molar-refractivity contribution in [3.05, 3.63) is 22.4 Å². The Labute approximate surface area is 141 Å². The van der Waals surface area contributed by atoms with Crippen molar-refractivity contribution in [2.24, 2.45) is 0 Å². The van der Waals surface area contributed by atoms with Gasteiger partial charge < -0.3 is 15.0 Å². The molecule has 0 aliphatic carbocycles. The van der Waals surface area contributed by atoms with Gasteiger partial charge in [0, 0.05) is 25.6 Å². The number of rotatable bonds is 9. The van der Waals surface area contributed by atoms with Crippen LogP contribution in [0.4, 0.5) is 5.13 Å². The second kappa shape index (κ2) is 9.09. The Balaban J connectivity index is 1.73. The summed E-state index contributed by atoms with van der Waals surface area (Å²) >= 11 is 4.52. The van der Waals surface area contributed by atoms with Crippen LogP contribution in [0.3, 0.4) is 0 Å². The maximum Gasteiger partial charge on any atom is 0.233 e. The molecular formula is C13H18N4O2S3. The average molecular weight is 359 g/mol. The monoisotopic (exact) mass is 358 g/mol.